The lowest BCUT2D eigenvalue weighted by Crippen LogP contribution is -2.30. The lowest BCUT2D eigenvalue weighted by molar-refractivity contribution is -0.132. The van der Waals surface area contributed by atoms with Crippen LogP contribution in [0.1, 0.15) is 42.2 Å². The van der Waals surface area contributed by atoms with E-state index in [0.717, 1.165) is 32.2 Å². The Balaban J connectivity index is 1.56. The second-order valence-electron chi connectivity index (χ2n) is 5.59. The Morgan fingerprint density at radius 1 is 1.19 bits per heavy atom. The Kier molecular flexibility index (Phi) is 4.71. The molecule has 0 aliphatic carbocycles. The van der Waals surface area contributed by atoms with Crippen LogP contribution < -0.4 is 0 Å². The van der Waals surface area contributed by atoms with E-state index >= 15 is 0 Å². The number of thiophene rings is 1. The molecule has 1 aliphatic rings. The largest absolute Gasteiger partial charge is 0.336 e. The highest BCUT2D eigenvalue weighted by molar-refractivity contribution is 7.09. The zero-order valence-corrected chi connectivity index (χ0v) is 13.0. The quantitative estimate of drug-likeness (QED) is 0.799. The number of benzene rings is 1. The molecule has 3 rings (SSSR count). The van der Waals surface area contributed by atoms with Crippen molar-refractivity contribution in [2.45, 2.75) is 38.1 Å². The Morgan fingerprint density at radius 2 is 2.05 bits per heavy atom. The van der Waals surface area contributed by atoms with E-state index in [1.165, 1.54) is 10.4 Å². The fourth-order valence-corrected chi connectivity index (χ4v) is 3.85. The molecule has 1 aromatic heterocycles. The van der Waals surface area contributed by atoms with Crippen LogP contribution in [0.25, 0.3) is 0 Å². The van der Waals surface area contributed by atoms with Crippen LogP contribution in [0.2, 0.25) is 0 Å². The van der Waals surface area contributed by atoms with Crippen LogP contribution in [0.4, 0.5) is 0 Å². The SMILES string of the molecule is O=C(CCCc1cccs1)N1CCCC1c1ccccc1. The van der Waals surface area contributed by atoms with E-state index in [2.05, 4.69) is 46.7 Å². The van der Waals surface area contributed by atoms with Crippen molar-refractivity contribution in [2.75, 3.05) is 6.54 Å². The first-order valence-electron chi connectivity index (χ1n) is 7.71. The molecule has 110 valence electrons. The van der Waals surface area contributed by atoms with Gasteiger partial charge in [-0.3, -0.25) is 4.79 Å². The van der Waals surface area contributed by atoms with Gasteiger partial charge in [-0.25, -0.2) is 0 Å². The van der Waals surface area contributed by atoms with Crippen molar-refractivity contribution < 1.29 is 4.79 Å². The molecule has 1 aliphatic heterocycles. The van der Waals surface area contributed by atoms with Gasteiger partial charge in [0.2, 0.25) is 5.91 Å². The van der Waals surface area contributed by atoms with Gasteiger partial charge in [0.25, 0.3) is 0 Å². The molecule has 1 saturated heterocycles. The highest BCUT2D eigenvalue weighted by Gasteiger charge is 2.29. The number of nitrogens with zero attached hydrogens (tertiary/aromatic N) is 1. The van der Waals surface area contributed by atoms with Crippen LogP contribution in [0.15, 0.2) is 47.8 Å². The first kappa shape index (κ1) is 14.3. The summed E-state index contributed by atoms with van der Waals surface area (Å²) in [5.74, 6) is 0.318. The van der Waals surface area contributed by atoms with Crippen LogP contribution in [-0.4, -0.2) is 17.4 Å². The van der Waals surface area contributed by atoms with E-state index in [1.54, 1.807) is 11.3 Å². The highest BCUT2D eigenvalue weighted by atomic mass is 32.1. The maximum Gasteiger partial charge on any atom is 0.223 e. The summed E-state index contributed by atoms with van der Waals surface area (Å²) >= 11 is 1.78. The second-order valence-corrected chi connectivity index (χ2v) is 6.62. The molecule has 0 bridgehead atoms. The minimum absolute atomic E-state index is 0.292. The number of aryl methyl sites for hydroxylation is 1. The third-order valence-corrected chi connectivity index (χ3v) is 5.09. The third-order valence-electron chi connectivity index (χ3n) is 4.15. The predicted molar refractivity (Wildman–Crippen MR) is 87.4 cm³/mol. The molecule has 1 aromatic carbocycles. The van der Waals surface area contributed by atoms with Crippen molar-refractivity contribution in [2.24, 2.45) is 0 Å². The molecular formula is C18H21NOS. The van der Waals surface area contributed by atoms with Gasteiger partial charge >= 0.3 is 0 Å². The molecule has 2 nitrogen and oxygen atoms in total. The minimum Gasteiger partial charge on any atom is -0.336 e. The fourth-order valence-electron chi connectivity index (χ4n) is 3.10. The highest BCUT2D eigenvalue weighted by Crippen LogP contribution is 2.32. The Hall–Kier alpha value is -1.61. The lowest BCUT2D eigenvalue weighted by atomic mass is 10.0. The van der Waals surface area contributed by atoms with E-state index in [-0.39, 0.29) is 0 Å². The van der Waals surface area contributed by atoms with Gasteiger partial charge in [-0.05, 0) is 42.7 Å². The molecular weight excluding hydrogens is 278 g/mol. The zero-order valence-electron chi connectivity index (χ0n) is 12.2. The molecule has 1 unspecified atom stereocenters. The van der Waals surface area contributed by atoms with Gasteiger partial charge in [-0.2, -0.15) is 0 Å². The Bertz CT molecular complexity index is 564. The topological polar surface area (TPSA) is 20.3 Å². The molecule has 0 N–H and O–H groups in total. The number of carbonyl (C=O) groups is 1. The van der Waals surface area contributed by atoms with E-state index in [4.69, 9.17) is 0 Å². The lowest BCUT2D eigenvalue weighted by Gasteiger charge is -2.25. The van der Waals surface area contributed by atoms with Crippen LogP contribution in [0.5, 0.6) is 0 Å². The zero-order chi connectivity index (χ0) is 14.5. The summed E-state index contributed by atoms with van der Waals surface area (Å²) < 4.78 is 0. The van der Waals surface area contributed by atoms with Gasteiger partial charge in [0, 0.05) is 17.8 Å². The van der Waals surface area contributed by atoms with Crippen molar-refractivity contribution >= 4 is 17.2 Å². The van der Waals surface area contributed by atoms with Crippen molar-refractivity contribution in [1.29, 1.82) is 0 Å². The Labute approximate surface area is 130 Å². The van der Waals surface area contributed by atoms with Gasteiger partial charge in [0.15, 0.2) is 0 Å². The normalized spacial score (nSPS) is 18.1. The van der Waals surface area contributed by atoms with E-state index in [1.807, 2.05) is 6.07 Å². The van der Waals surface area contributed by atoms with Gasteiger partial charge in [-0.1, -0.05) is 36.4 Å². The monoisotopic (exact) mass is 299 g/mol. The van der Waals surface area contributed by atoms with Crippen molar-refractivity contribution in [3.05, 3.63) is 58.3 Å². The number of rotatable bonds is 5. The predicted octanol–water partition coefficient (Wildman–Crippen LogP) is 4.43. The van der Waals surface area contributed by atoms with Crippen molar-refractivity contribution in [3.63, 3.8) is 0 Å². The number of hydrogen-bond donors (Lipinski definition) is 0. The molecule has 1 fully saturated rings. The summed E-state index contributed by atoms with van der Waals surface area (Å²) in [5, 5.41) is 2.10. The average molecular weight is 299 g/mol. The van der Waals surface area contributed by atoms with Crippen LogP contribution in [-0.2, 0) is 11.2 Å². The number of carbonyl (C=O) groups excluding carboxylic acids is 1. The first-order chi connectivity index (χ1) is 10.3. The number of amides is 1. The van der Waals surface area contributed by atoms with Gasteiger partial charge < -0.3 is 4.90 Å². The van der Waals surface area contributed by atoms with Crippen LogP contribution in [0.3, 0.4) is 0 Å². The summed E-state index contributed by atoms with van der Waals surface area (Å²) in [6.07, 6.45) is 4.86. The standard InChI is InChI=1S/C18H21NOS/c20-18(12-4-9-16-10-6-14-21-16)19-13-5-11-17(19)15-7-2-1-3-8-15/h1-3,6-8,10,14,17H,4-5,9,11-13H2. The summed E-state index contributed by atoms with van der Waals surface area (Å²) in [6, 6.07) is 15.0. The molecule has 2 heterocycles. The van der Waals surface area contributed by atoms with Gasteiger partial charge in [0.1, 0.15) is 0 Å². The summed E-state index contributed by atoms with van der Waals surface area (Å²) in [4.78, 5) is 16.0. The maximum absolute atomic E-state index is 12.5. The third kappa shape index (κ3) is 3.53. The molecule has 21 heavy (non-hydrogen) atoms. The van der Waals surface area contributed by atoms with Gasteiger partial charge in [0.05, 0.1) is 6.04 Å². The average Bonchev–Trinajstić information content (AvgIpc) is 3.19. The fraction of sp³-hybridized carbons (Fsp3) is 0.389. The van der Waals surface area contributed by atoms with Crippen molar-refractivity contribution in [3.8, 4) is 0 Å². The Morgan fingerprint density at radius 3 is 2.81 bits per heavy atom. The van der Waals surface area contributed by atoms with E-state index in [0.29, 0.717) is 18.4 Å². The summed E-state index contributed by atoms with van der Waals surface area (Å²) in [6.45, 7) is 0.914. The molecule has 1 atom stereocenters. The van der Waals surface area contributed by atoms with Crippen LogP contribution >= 0.6 is 11.3 Å². The molecule has 2 aromatic rings. The second kappa shape index (κ2) is 6.90. The van der Waals surface area contributed by atoms with E-state index in [9.17, 15) is 4.79 Å². The number of hydrogen-bond acceptors (Lipinski definition) is 2. The molecule has 0 spiro atoms. The number of likely N-dealkylation sites (tertiary alicyclic amines) is 1. The summed E-state index contributed by atoms with van der Waals surface area (Å²) in [5.41, 5.74) is 1.28. The maximum atomic E-state index is 12.5. The molecule has 3 heteroatoms. The molecule has 0 radical (unpaired) electrons. The molecule has 0 saturated carbocycles. The van der Waals surface area contributed by atoms with Gasteiger partial charge in [-0.15, -0.1) is 11.3 Å². The van der Waals surface area contributed by atoms with E-state index < -0.39 is 0 Å². The summed E-state index contributed by atoms with van der Waals surface area (Å²) in [7, 11) is 0. The minimum atomic E-state index is 0.292. The van der Waals surface area contributed by atoms with Crippen LogP contribution in [0, 0.1) is 0 Å². The first-order valence-corrected chi connectivity index (χ1v) is 8.59. The molecule has 1 amide bonds. The smallest absolute Gasteiger partial charge is 0.223 e. The van der Waals surface area contributed by atoms with Crippen molar-refractivity contribution in [1.82, 2.24) is 4.90 Å².